The zero-order chi connectivity index (χ0) is 28.0. The summed E-state index contributed by atoms with van der Waals surface area (Å²) in [7, 11) is 0. The van der Waals surface area contributed by atoms with Gasteiger partial charge in [0.2, 0.25) is 11.8 Å². The predicted molar refractivity (Wildman–Crippen MR) is 145 cm³/mol. The van der Waals surface area contributed by atoms with Crippen molar-refractivity contribution in [2.45, 2.75) is 62.7 Å². The van der Waals surface area contributed by atoms with Gasteiger partial charge >= 0.3 is 5.97 Å². The number of nitrogens with zero attached hydrogens (tertiary/aromatic N) is 3. The number of ether oxygens (including phenoxy) is 3. The Balaban J connectivity index is 1.61. The number of likely N-dealkylation sites (tertiary alicyclic amines) is 1. The van der Waals surface area contributed by atoms with E-state index in [1.165, 1.54) is 6.08 Å². The number of amides is 2. The summed E-state index contributed by atoms with van der Waals surface area (Å²) in [5.74, 6) is -2.35. The topological polar surface area (TPSA) is 109 Å². The molecule has 0 aromatic carbocycles. The molecule has 0 aromatic rings. The van der Waals surface area contributed by atoms with Crippen molar-refractivity contribution in [3.05, 3.63) is 25.3 Å². The summed E-state index contributed by atoms with van der Waals surface area (Å²) >= 11 is 0. The van der Waals surface area contributed by atoms with Gasteiger partial charge in [-0.3, -0.25) is 19.3 Å². The van der Waals surface area contributed by atoms with Crippen LogP contribution in [0, 0.1) is 11.8 Å². The van der Waals surface area contributed by atoms with Crippen LogP contribution >= 0.6 is 0 Å². The van der Waals surface area contributed by atoms with Gasteiger partial charge in [0.25, 0.3) is 0 Å². The van der Waals surface area contributed by atoms with Crippen LogP contribution in [-0.4, -0.2) is 121 Å². The molecule has 0 aliphatic carbocycles. The summed E-state index contributed by atoms with van der Waals surface area (Å²) in [5, 5.41) is 9.14. The maximum atomic E-state index is 14.4. The second kappa shape index (κ2) is 12.9. The Morgan fingerprint density at radius 1 is 1.13 bits per heavy atom. The maximum Gasteiger partial charge on any atom is 0.313 e. The Hall–Kier alpha value is -2.27. The second-order valence-corrected chi connectivity index (χ2v) is 11.3. The number of fused-ring (bicyclic) bond motifs is 1. The first-order valence-corrected chi connectivity index (χ1v) is 14.4. The van der Waals surface area contributed by atoms with Gasteiger partial charge in [-0.2, -0.15) is 0 Å². The molecule has 2 amide bonds. The predicted octanol–water partition coefficient (Wildman–Crippen LogP) is 1.38. The van der Waals surface area contributed by atoms with Gasteiger partial charge in [0.15, 0.2) is 0 Å². The molecule has 2 bridgehead atoms. The third-order valence-corrected chi connectivity index (χ3v) is 8.87. The Bertz CT molecular complexity index is 923. The molecule has 4 saturated heterocycles. The number of hydrogen-bond acceptors (Lipinski definition) is 8. The highest BCUT2D eigenvalue weighted by Gasteiger charge is 2.78. The third kappa shape index (κ3) is 5.80. The zero-order valence-corrected chi connectivity index (χ0v) is 23.4. The molecular weight excluding hydrogens is 502 g/mol. The van der Waals surface area contributed by atoms with Crippen molar-refractivity contribution in [1.82, 2.24) is 14.7 Å². The largest absolute Gasteiger partial charge is 0.461 e. The van der Waals surface area contributed by atoms with E-state index >= 15 is 0 Å². The standard InChI is InChI=1S/C29H45N3O7/c1-4-12-31(15-14-30-16-20-37-21-17-30)26(35)24-29-11-10-28(3,39-29)23(27(36)38-19-5-2)22(29)25(34)32(24)13-8-6-7-9-18-33/h4-5,22-24,33H,1-2,6-21H2,3H3/t22-,23+,24?,28-,29?/m0/s1. The van der Waals surface area contributed by atoms with Gasteiger partial charge in [0.1, 0.15) is 24.2 Å². The van der Waals surface area contributed by atoms with Gasteiger partial charge in [-0.1, -0.05) is 31.6 Å². The van der Waals surface area contributed by atoms with Crippen molar-refractivity contribution >= 4 is 17.8 Å². The number of esters is 1. The third-order valence-electron chi connectivity index (χ3n) is 8.87. The SMILES string of the molecule is C=CCOC(=O)[C@H]1[C@H]2C(=O)N(CCCCCCO)C(C(=O)N(CC=C)CCN3CCOCC3)C23CC[C@]1(C)O3. The van der Waals surface area contributed by atoms with Crippen LogP contribution in [0.2, 0.25) is 0 Å². The van der Waals surface area contributed by atoms with E-state index in [1.807, 2.05) is 6.92 Å². The highest BCUT2D eigenvalue weighted by Crippen LogP contribution is 2.63. The van der Waals surface area contributed by atoms with E-state index in [-0.39, 0.29) is 25.0 Å². The molecule has 0 saturated carbocycles. The van der Waals surface area contributed by atoms with Gasteiger partial charge in [0, 0.05) is 45.9 Å². The van der Waals surface area contributed by atoms with Crippen molar-refractivity contribution in [2.24, 2.45) is 11.8 Å². The number of unbranched alkanes of at least 4 members (excludes halogenated alkanes) is 3. The minimum atomic E-state index is -1.07. The van der Waals surface area contributed by atoms with Crippen LogP contribution in [0.4, 0.5) is 0 Å². The number of morpholine rings is 1. The summed E-state index contributed by atoms with van der Waals surface area (Å²) in [4.78, 5) is 47.4. The lowest BCUT2D eigenvalue weighted by Gasteiger charge is -2.37. The normalized spacial score (nSPS) is 31.8. The van der Waals surface area contributed by atoms with E-state index in [4.69, 9.17) is 19.3 Å². The first-order chi connectivity index (χ1) is 18.8. The molecule has 0 radical (unpaired) electrons. The monoisotopic (exact) mass is 547 g/mol. The lowest BCUT2D eigenvalue weighted by Crippen LogP contribution is -2.57. The van der Waals surface area contributed by atoms with Crippen LogP contribution in [0.3, 0.4) is 0 Å². The fraction of sp³-hybridized carbons (Fsp3) is 0.759. The highest BCUT2D eigenvalue weighted by molar-refractivity contribution is 5.98. The number of carbonyl (C=O) groups is 3. The molecule has 5 atom stereocenters. The van der Waals surface area contributed by atoms with Crippen molar-refractivity contribution in [1.29, 1.82) is 0 Å². The van der Waals surface area contributed by atoms with E-state index in [2.05, 4.69) is 18.1 Å². The Morgan fingerprint density at radius 2 is 1.87 bits per heavy atom. The van der Waals surface area contributed by atoms with E-state index in [9.17, 15) is 14.4 Å². The number of carbonyl (C=O) groups excluding carboxylic acids is 3. The summed E-state index contributed by atoms with van der Waals surface area (Å²) in [5.41, 5.74) is -1.92. The molecule has 10 heteroatoms. The van der Waals surface area contributed by atoms with Crippen molar-refractivity contribution in [3.8, 4) is 0 Å². The summed E-state index contributed by atoms with van der Waals surface area (Å²) in [6.07, 6.45) is 7.42. The van der Waals surface area contributed by atoms with E-state index < -0.39 is 35.0 Å². The van der Waals surface area contributed by atoms with Crippen molar-refractivity contribution in [2.75, 3.05) is 65.7 Å². The van der Waals surface area contributed by atoms with Crippen LogP contribution in [-0.2, 0) is 28.6 Å². The second-order valence-electron chi connectivity index (χ2n) is 11.3. The molecule has 4 aliphatic rings. The smallest absolute Gasteiger partial charge is 0.313 e. The van der Waals surface area contributed by atoms with Crippen LogP contribution in [0.15, 0.2) is 25.3 Å². The van der Waals surface area contributed by atoms with Gasteiger partial charge in [-0.15, -0.1) is 6.58 Å². The number of hydrogen-bond donors (Lipinski definition) is 1. The van der Waals surface area contributed by atoms with Crippen LogP contribution < -0.4 is 0 Å². The number of aliphatic hydroxyl groups excluding tert-OH is 1. The lowest BCUT2D eigenvalue weighted by molar-refractivity contribution is -0.159. The minimum absolute atomic E-state index is 0.0604. The van der Waals surface area contributed by atoms with Crippen molar-refractivity contribution in [3.63, 3.8) is 0 Å². The quantitative estimate of drug-likeness (QED) is 0.186. The van der Waals surface area contributed by atoms with E-state index in [0.717, 1.165) is 25.9 Å². The fourth-order valence-corrected chi connectivity index (χ4v) is 6.99. The minimum Gasteiger partial charge on any atom is -0.461 e. The Kier molecular flexibility index (Phi) is 9.85. The molecule has 1 N–H and O–H groups in total. The molecule has 4 heterocycles. The Morgan fingerprint density at radius 3 is 2.56 bits per heavy atom. The van der Waals surface area contributed by atoms with Crippen LogP contribution in [0.5, 0.6) is 0 Å². The van der Waals surface area contributed by atoms with Crippen molar-refractivity contribution < 1.29 is 33.7 Å². The van der Waals surface area contributed by atoms with Crippen LogP contribution in [0.25, 0.3) is 0 Å². The van der Waals surface area contributed by atoms with E-state index in [1.54, 1.807) is 15.9 Å². The number of rotatable bonds is 15. The van der Waals surface area contributed by atoms with Gasteiger partial charge in [-0.25, -0.2) is 0 Å². The average Bonchev–Trinajstić information content (AvgIpc) is 3.50. The first-order valence-electron chi connectivity index (χ1n) is 14.4. The van der Waals surface area contributed by atoms with Gasteiger partial charge in [-0.05, 0) is 32.6 Å². The Labute approximate surface area is 231 Å². The van der Waals surface area contributed by atoms with Gasteiger partial charge in [0.05, 0.1) is 24.7 Å². The number of aliphatic hydroxyl groups is 1. The molecule has 4 fully saturated rings. The molecule has 2 unspecified atom stereocenters. The molecular formula is C29H45N3O7. The average molecular weight is 548 g/mol. The molecule has 4 aliphatic heterocycles. The summed E-state index contributed by atoms with van der Waals surface area (Å²) in [6.45, 7) is 14.5. The van der Waals surface area contributed by atoms with Crippen LogP contribution in [0.1, 0.15) is 45.4 Å². The molecule has 39 heavy (non-hydrogen) atoms. The van der Waals surface area contributed by atoms with E-state index in [0.29, 0.717) is 65.1 Å². The molecule has 0 aromatic heterocycles. The molecule has 4 rings (SSSR count). The zero-order valence-electron chi connectivity index (χ0n) is 23.4. The van der Waals surface area contributed by atoms with Gasteiger partial charge < -0.3 is 29.1 Å². The first kappa shape index (κ1) is 29.7. The fourth-order valence-electron chi connectivity index (χ4n) is 6.99. The summed E-state index contributed by atoms with van der Waals surface area (Å²) in [6, 6.07) is -0.809. The molecule has 10 nitrogen and oxygen atoms in total. The lowest BCUT2D eigenvalue weighted by atomic mass is 9.66. The summed E-state index contributed by atoms with van der Waals surface area (Å²) < 4.78 is 17.6. The highest BCUT2D eigenvalue weighted by atomic mass is 16.6. The molecule has 1 spiro atoms. The molecule has 218 valence electrons. The maximum absolute atomic E-state index is 14.4.